The van der Waals surface area contributed by atoms with Gasteiger partial charge in [0.25, 0.3) is 0 Å². The van der Waals surface area contributed by atoms with Crippen LogP contribution in [0, 0.1) is 5.92 Å². The van der Waals surface area contributed by atoms with Crippen LogP contribution < -0.4 is 16.2 Å². The molecular weight excluding hydrogens is 228 g/mol. The van der Waals surface area contributed by atoms with Gasteiger partial charge in [0.05, 0.1) is 12.3 Å². The van der Waals surface area contributed by atoms with E-state index in [1.807, 2.05) is 6.07 Å². The second kappa shape index (κ2) is 6.69. The molecule has 1 aromatic carbocycles. The van der Waals surface area contributed by atoms with Crippen molar-refractivity contribution in [2.75, 3.05) is 12.3 Å². The lowest BCUT2D eigenvalue weighted by molar-refractivity contribution is -0.113. The lowest BCUT2D eigenvalue weighted by Crippen LogP contribution is -2.05. The summed E-state index contributed by atoms with van der Waals surface area (Å²) >= 11 is 0. The lowest BCUT2D eigenvalue weighted by Gasteiger charge is -2.10. The van der Waals surface area contributed by atoms with Gasteiger partial charge in [0.15, 0.2) is 0 Å². The number of primary amides is 1. The zero-order chi connectivity index (χ0) is 13.5. The number of rotatable bonds is 6. The summed E-state index contributed by atoms with van der Waals surface area (Å²) in [6.07, 6.45) is 3.91. The molecule has 0 spiro atoms. The zero-order valence-corrected chi connectivity index (χ0v) is 10.8. The molecular formula is C14H20N2O2. The Hall–Kier alpha value is -1.97. The summed E-state index contributed by atoms with van der Waals surface area (Å²) < 4.78 is 5.59. The fourth-order valence-corrected chi connectivity index (χ4v) is 1.38. The van der Waals surface area contributed by atoms with Crippen molar-refractivity contribution in [3.63, 3.8) is 0 Å². The third kappa shape index (κ3) is 4.91. The molecule has 18 heavy (non-hydrogen) atoms. The fourth-order valence-electron chi connectivity index (χ4n) is 1.38. The van der Waals surface area contributed by atoms with E-state index < -0.39 is 5.91 Å². The van der Waals surface area contributed by atoms with Gasteiger partial charge in [-0.15, -0.1) is 0 Å². The van der Waals surface area contributed by atoms with Crippen LogP contribution >= 0.6 is 0 Å². The van der Waals surface area contributed by atoms with Crippen molar-refractivity contribution >= 4 is 17.7 Å². The molecule has 0 radical (unpaired) electrons. The Kier molecular flexibility index (Phi) is 5.24. The molecule has 0 aliphatic carbocycles. The van der Waals surface area contributed by atoms with E-state index in [-0.39, 0.29) is 0 Å². The Morgan fingerprint density at radius 1 is 1.44 bits per heavy atom. The van der Waals surface area contributed by atoms with Crippen LogP contribution in [-0.4, -0.2) is 12.5 Å². The number of hydrogen-bond acceptors (Lipinski definition) is 3. The van der Waals surface area contributed by atoms with Crippen LogP contribution in [0.1, 0.15) is 25.8 Å². The van der Waals surface area contributed by atoms with Crippen LogP contribution in [-0.2, 0) is 4.79 Å². The zero-order valence-electron chi connectivity index (χ0n) is 10.8. The first-order valence-corrected chi connectivity index (χ1v) is 5.99. The molecule has 4 heteroatoms. The first kappa shape index (κ1) is 14.1. The molecule has 0 fully saturated rings. The Morgan fingerprint density at radius 3 is 2.72 bits per heavy atom. The average Bonchev–Trinajstić information content (AvgIpc) is 2.28. The van der Waals surface area contributed by atoms with Crippen LogP contribution in [0.5, 0.6) is 5.75 Å². The molecule has 4 N–H and O–H groups in total. The fraction of sp³-hybridized carbons (Fsp3) is 0.357. The predicted octanol–water partition coefficient (Wildman–Crippen LogP) is 2.19. The van der Waals surface area contributed by atoms with Crippen molar-refractivity contribution < 1.29 is 9.53 Å². The summed E-state index contributed by atoms with van der Waals surface area (Å²) in [6, 6.07) is 5.39. The third-order valence-electron chi connectivity index (χ3n) is 2.43. The number of carbonyl (C=O) groups is 1. The Morgan fingerprint density at radius 2 is 2.17 bits per heavy atom. The van der Waals surface area contributed by atoms with Gasteiger partial charge in [0.2, 0.25) is 5.91 Å². The number of ether oxygens (including phenoxy) is 1. The van der Waals surface area contributed by atoms with Crippen molar-refractivity contribution in [1.29, 1.82) is 0 Å². The van der Waals surface area contributed by atoms with Gasteiger partial charge in [-0.2, -0.15) is 0 Å². The van der Waals surface area contributed by atoms with Gasteiger partial charge in [0.1, 0.15) is 5.75 Å². The highest BCUT2D eigenvalue weighted by atomic mass is 16.5. The van der Waals surface area contributed by atoms with Gasteiger partial charge >= 0.3 is 0 Å². The number of anilines is 1. The summed E-state index contributed by atoms with van der Waals surface area (Å²) in [5.41, 5.74) is 12.3. The first-order chi connectivity index (χ1) is 8.49. The number of carbonyl (C=O) groups excluding carboxylic acids is 1. The van der Waals surface area contributed by atoms with Crippen LogP contribution in [0.25, 0.3) is 6.08 Å². The largest absolute Gasteiger partial charge is 0.491 e. The van der Waals surface area contributed by atoms with Gasteiger partial charge in [0, 0.05) is 6.08 Å². The van der Waals surface area contributed by atoms with Crippen molar-refractivity contribution in [3.05, 3.63) is 29.8 Å². The van der Waals surface area contributed by atoms with E-state index in [0.717, 1.165) is 12.0 Å². The Labute approximate surface area is 108 Å². The Bertz CT molecular complexity index is 439. The van der Waals surface area contributed by atoms with Gasteiger partial charge in [-0.1, -0.05) is 19.9 Å². The molecule has 0 saturated carbocycles. The van der Waals surface area contributed by atoms with Crippen LogP contribution in [0.4, 0.5) is 5.69 Å². The minimum absolute atomic E-state index is 0.481. The van der Waals surface area contributed by atoms with Crippen LogP contribution in [0.3, 0.4) is 0 Å². The predicted molar refractivity (Wildman–Crippen MR) is 74.0 cm³/mol. The maximum Gasteiger partial charge on any atom is 0.241 e. The monoisotopic (exact) mass is 248 g/mol. The number of nitrogens with two attached hydrogens (primary N) is 2. The van der Waals surface area contributed by atoms with Crippen LogP contribution in [0.15, 0.2) is 24.3 Å². The van der Waals surface area contributed by atoms with E-state index >= 15 is 0 Å². The molecule has 1 aromatic rings. The van der Waals surface area contributed by atoms with E-state index in [9.17, 15) is 4.79 Å². The second-order valence-corrected chi connectivity index (χ2v) is 4.56. The standard InChI is InChI=1S/C14H20N2O2/c1-10(2)7-8-18-13-5-3-11(9-12(13)15)4-6-14(16)17/h3-6,9-10H,7-8,15H2,1-2H3,(H2,16,17)/b6-4-. The van der Waals surface area contributed by atoms with Crippen molar-refractivity contribution in [1.82, 2.24) is 0 Å². The summed E-state index contributed by atoms with van der Waals surface area (Å²) in [7, 11) is 0. The van der Waals surface area contributed by atoms with Gasteiger partial charge in [-0.05, 0) is 36.1 Å². The van der Waals surface area contributed by atoms with Gasteiger partial charge in [-0.3, -0.25) is 4.79 Å². The molecule has 98 valence electrons. The van der Waals surface area contributed by atoms with E-state index in [2.05, 4.69) is 13.8 Å². The lowest BCUT2D eigenvalue weighted by atomic mass is 10.1. The number of nitrogen functional groups attached to an aromatic ring is 1. The minimum atomic E-state index is -0.481. The molecule has 4 nitrogen and oxygen atoms in total. The summed E-state index contributed by atoms with van der Waals surface area (Å²) in [5.74, 6) is 0.793. The van der Waals surface area contributed by atoms with E-state index in [1.54, 1.807) is 18.2 Å². The molecule has 0 bridgehead atoms. The average molecular weight is 248 g/mol. The van der Waals surface area contributed by atoms with E-state index in [0.29, 0.717) is 24.0 Å². The molecule has 1 amide bonds. The topological polar surface area (TPSA) is 78.3 Å². The van der Waals surface area contributed by atoms with Crippen molar-refractivity contribution in [2.45, 2.75) is 20.3 Å². The summed E-state index contributed by atoms with van der Waals surface area (Å²) in [5, 5.41) is 0. The second-order valence-electron chi connectivity index (χ2n) is 4.56. The molecule has 0 aliphatic heterocycles. The molecule has 0 unspecified atom stereocenters. The SMILES string of the molecule is CC(C)CCOc1ccc(/C=C\C(N)=O)cc1N. The molecule has 0 heterocycles. The van der Waals surface area contributed by atoms with Gasteiger partial charge in [-0.25, -0.2) is 0 Å². The van der Waals surface area contributed by atoms with Crippen molar-refractivity contribution in [3.8, 4) is 5.75 Å². The highest BCUT2D eigenvalue weighted by Crippen LogP contribution is 2.23. The highest BCUT2D eigenvalue weighted by molar-refractivity contribution is 5.90. The number of benzene rings is 1. The quantitative estimate of drug-likeness (QED) is 0.598. The molecule has 0 atom stereocenters. The molecule has 0 aromatic heterocycles. The molecule has 0 aliphatic rings. The number of amides is 1. The smallest absolute Gasteiger partial charge is 0.241 e. The summed E-state index contributed by atoms with van der Waals surface area (Å²) in [4.78, 5) is 10.6. The van der Waals surface area contributed by atoms with E-state index in [4.69, 9.17) is 16.2 Å². The Balaban J connectivity index is 2.65. The van der Waals surface area contributed by atoms with Gasteiger partial charge < -0.3 is 16.2 Å². The van der Waals surface area contributed by atoms with E-state index in [1.165, 1.54) is 6.08 Å². The first-order valence-electron chi connectivity index (χ1n) is 5.99. The molecule has 1 rings (SSSR count). The normalized spacial score (nSPS) is 11.1. The van der Waals surface area contributed by atoms with Crippen molar-refractivity contribution in [2.24, 2.45) is 11.7 Å². The highest BCUT2D eigenvalue weighted by Gasteiger charge is 2.02. The minimum Gasteiger partial charge on any atom is -0.491 e. The summed E-state index contributed by atoms with van der Waals surface area (Å²) in [6.45, 7) is 4.94. The maximum atomic E-state index is 10.6. The molecule has 0 saturated heterocycles. The maximum absolute atomic E-state index is 10.6. The third-order valence-corrected chi connectivity index (χ3v) is 2.43. The van der Waals surface area contributed by atoms with Crippen LogP contribution in [0.2, 0.25) is 0 Å². The number of hydrogen-bond donors (Lipinski definition) is 2.